The van der Waals surface area contributed by atoms with Gasteiger partial charge >= 0.3 is 0 Å². The SMILES string of the molecule is Cc1cc(Oc2nnccc2C#N)ccc1C(C)C. The molecule has 1 heterocycles. The molecule has 96 valence electrons. The summed E-state index contributed by atoms with van der Waals surface area (Å²) in [5.41, 5.74) is 2.82. The van der Waals surface area contributed by atoms with Gasteiger partial charge in [-0.2, -0.15) is 10.4 Å². The average molecular weight is 253 g/mol. The minimum atomic E-state index is 0.238. The molecule has 2 aromatic rings. The predicted octanol–water partition coefficient (Wildman–Crippen LogP) is 3.57. The van der Waals surface area contributed by atoms with Crippen molar-refractivity contribution in [1.29, 1.82) is 5.26 Å². The van der Waals surface area contributed by atoms with E-state index in [4.69, 9.17) is 10.00 Å². The van der Waals surface area contributed by atoms with Crippen molar-refractivity contribution in [1.82, 2.24) is 10.2 Å². The Bertz CT molecular complexity index is 630. The molecule has 0 bridgehead atoms. The molecule has 0 radical (unpaired) electrons. The number of aromatic nitrogens is 2. The van der Waals surface area contributed by atoms with Crippen molar-refractivity contribution in [3.05, 3.63) is 47.2 Å². The van der Waals surface area contributed by atoms with E-state index in [0.29, 0.717) is 17.2 Å². The molecule has 0 amide bonds. The highest BCUT2D eigenvalue weighted by Crippen LogP contribution is 2.27. The predicted molar refractivity (Wildman–Crippen MR) is 72.1 cm³/mol. The fraction of sp³-hybridized carbons (Fsp3) is 0.267. The molecule has 19 heavy (non-hydrogen) atoms. The third-order valence-corrected chi connectivity index (χ3v) is 2.89. The maximum atomic E-state index is 8.97. The summed E-state index contributed by atoms with van der Waals surface area (Å²) < 4.78 is 5.62. The van der Waals surface area contributed by atoms with Gasteiger partial charge in [-0.1, -0.05) is 19.9 Å². The molecule has 2 rings (SSSR count). The smallest absolute Gasteiger partial charge is 0.256 e. The van der Waals surface area contributed by atoms with Gasteiger partial charge in [-0.05, 0) is 42.2 Å². The lowest BCUT2D eigenvalue weighted by Crippen LogP contribution is -1.96. The second-order valence-electron chi connectivity index (χ2n) is 4.64. The molecule has 0 spiro atoms. The molecule has 4 nitrogen and oxygen atoms in total. The van der Waals surface area contributed by atoms with Crippen LogP contribution in [0.15, 0.2) is 30.5 Å². The summed E-state index contributed by atoms with van der Waals surface area (Å²) in [5.74, 6) is 1.38. The summed E-state index contributed by atoms with van der Waals surface area (Å²) >= 11 is 0. The highest BCUT2D eigenvalue weighted by Gasteiger charge is 2.09. The van der Waals surface area contributed by atoms with Gasteiger partial charge in [0.2, 0.25) is 0 Å². The molecule has 0 saturated carbocycles. The van der Waals surface area contributed by atoms with Gasteiger partial charge in [0.25, 0.3) is 5.88 Å². The molecular weight excluding hydrogens is 238 g/mol. The lowest BCUT2D eigenvalue weighted by Gasteiger charge is -2.11. The van der Waals surface area contributed by atoms with E-state index in [0.717, 1.165) is 5.56 Å². The van der Waals surface area contributed by atoms with E-state index in [1.807, 2.05) is 31.2 Å². The molecule has 0 aliphatic heterocycles. The lowest BCUT2D eigenvalue weighted by molar-refractivity contribution is 0.453. The Morgan fingerprint density at radius 2 is 2.05 bits per heavy atom. The Morgan fingerprint density at radius 1 is 1.26 bits per heavy atom. The number of aryl methyl sites for hydroxylation is 1. The number of ether oxygens (including phenoxy) is 1. The van der Waals surface area contributed by atoms with Crippen LogP contribution in [0.3, 0.4) is 0 Å². The first-order valence-corrected chi connectivity index (χ1v) is 6.12. The Hall–Kier alpha value is -2.41. The van der Waals surface area contributed by atoms with Crippen molar-refractivity contribution in [3.63, 3.8) is 0 Å². The second kappa shape index (κ2) is 5.49. The fourth-order valence-electron chi connectivity index (χ4n) is 1.95. The van der Waals surface area contributed by atoms with Gasteiger partial charge in [-0.3, -0.25) is 0 Å². The van der Waals surface area contributed by atoms with Crippen LogP contribution in [0.1, 0.15) is 36.5 Å². The number of hydrogen-bond acceptors (Lipinski definition) is 4. The molecule has 1 aromatic heterocycles. The second-order valence-corrected chi connectivity index (χ2v) is 4.64. The maximum absolute atomic E-state index is 8.97. The summed E-state index contributed by atoms with van der Waals surface area (Å²) in [4.78, 5) is 0. The van der Waals surface area contributed by atoms with Gasteiger partial charge in [0.1, 0.15) is 17.4 Å². The van der Waals surface area contributed by atoms with Gasteiger partial charge in [-0.15, -0.1) is 5.10 Å². The summed E-state index contributed by atoms with van der Waals surface area (Å²) in [7, 11) is 0. The number of benzene rings is 1. The Balaban J connectivity index is 2.30. The summed E-state index contributed by atoms with van der Waals surface area (Å²) in [6.07, 6.45) is 1.47. The Morgan fingerprint density at radius 3 is 2.68 bits per heavy atom. The van der Waals surface area contributed by atoms with Crippen LogP contribution in [0.2, 0.25) is 0 Å². The number of nitrogens with zero attached hydrogens (tertiary/aromatic N) is 3. The van der Waals surface area contributed by atoms with E-state index in [9.17, 15) is 0 Å². The zero-order chi connectivity index (χ0) is 13.8. The van der Waals surface area contributed by atoms with Crippen LogP contribution in [-0.4, -0.2) is 10.2 Å². The van der Waals surface area contributed by atoms with Gasteiger partial charge < -0.3 is 4.74 Å². The zero-order valence-corrected chi connectivity index (χ0v) is 11.2. The largest absolute Gasteiger partial charge is 0.437 e. The molecule has 1 aromatic carbocycles. The van der Waals surface area contributed by atoms with Crippen molar-refractivity contribution in [2.75, 3.05) is 0 Å². The molecule has 0 saturated heterocycles. The van der Waals surface area contributed by atoms with Crippen molar-refractivity contribution in [2.45, 2.75) is 26.7 Å². The van der Waals surface area contributed by atoms with E-state index < -0.39 is 0 Å². The molecule has 0 aliphatic carbocycles. The van der Waals surface area contributed by atoms with Crippen LogP contribution >= 0.6 is 0 Å². The van der Waals surface area contributed by atoms with Gasteiger partial charge in [0.15, 0.2) is 0 Å². The van der Waals surface area contributed by atoms with Crippen LogP contribution in [0, 0.1) is 18.3 Å². The van der Waals surface area contributed by atoms with E-state index in [2.05, 4.69) is 24.0 Å². The topological polar surface area (TPSA) is 58.8 Å². The third kappa shape index (κ3) is 2.89. The van der Waals surface area contributed by atoms with E-state index in [-0.39, 0.29) is 5.88 Å². The quantitative estimate of drug-likeness (QED) is 0.839. The molecule has 0 N–H and O–H groups in total. The minimum absolute atomic E-state index is 0.238. The van der Waals surface area contributed by atoms with Gasteiger partial charge in [0.05, 0.1) is 6.20 Å². The van der Waals surface area contributed by atoms with E-state index in [1.54, 1.807) is 6.07 Å². The minimum Gasteiger partial charge on any atom is -0.437 e. The van der Waals surface area contributed by atoms with E-state index in [1.165, 1.54) is 11.8 Å². The summed E-state index contributed by atoms with van der Waals surface area (Å²) in [5, 5.41) is 16.5. The first-order valence-electron chi connectivity index (χ1n) is 6.12. The highest BCUT2D eigenvalue weighted by molar-refractivity contribution is 5.41. The summed E-state index contributed by atoms with van der Waals surface area (Å²) in [6.45, 7) is 6.35. The molecule has 0 atom stereocenters. The van der Waals surface area contributed by atoms with Crippen LogP contribution in [0.5, 0.6) is 11.6 Å². The maximum Gasteiger partial charge on any atom is 0.256 e. The normalized spacial score (nSPS) is 10.3. The third-order valence-electron chi connectivity index (χ3n) is 2.89. The van der Waals surface area contributed by atoms with Crippen LogP contribution in [-0.2, 0) is 0 Å². The van der Waals surface area contributed by atoms with Crippen LogP contribution in [0.4, 0.5) is 0 Å². The Kier molecular flexibility index (Phi) is 3.76. The molecular formula is C15H15N3O. The van der Waals surface area contributed by atoms with E-state index >= 15 is 0 Å². The first-order chi connectivity index (χ1) is 9.11. The molecule has 0 unspecified atom stereocenters. The highest BCUT2D eigenvalue weighted by atomic mass is 16.5. The first kappa shape index (κ1) is 13.0. The van der Waals surface area contributed by atoms with Crippen molar-refractivity contribution in [3.8, 4) is 17.7 Å². The Labute approximate surface area is 112 Å². The number of hydrogen-bond donors (Lipinski definition) is 0. The standard InChI is InChI=1S/C15H15N3O/c1-10(2)14-5-4-13(8-11(14)3)19-15-12(9-16)6-7-17-18-15/h4-8,10H,1-3H3. The molecule has 0 aliphatic rings. The van der Waals surface area contributed by atoms with Crippen molar-refractivity contribution < 1.29 is 4.74 Å². The zero-order valence-electron chi connectivity index (χ0n) is 11.2. The lowest BCUT2D eigenvalue weighted by atomic mass is 9.98. The van der Waals surface area contributed by atoms with Gasteiger partial charge in [0, 0.05) is 0 Å². The average Bonchev–Trinajstić information content (AvgIpc) is 2.39. The molecule has 4 heteroatoms. The molecule has 0 fully saturated rings. The monoisotopic (exact) mass is 253 g/mol. The van der Waals surface area contributed by atoms with Crippen molar-refractivity contribution >= 4 is 0 Å². The number of nitriles is 1. The fourth-order valence-corrected chi connectivity index (χ4v) is 1.95. The van der Waals surface area contributed by atoms with Gasteiger partial charge in [-0.25, -0.2) is 0 Å². The van der Waals surface area contributed by atoms with Crippen LogP contribution < -0.4 is 4.74 Å². The van der Waals surface area contributed by atoms with Crippen LogP contribution in [0.25, 0.3) is 0 Å². The summed E-state index contributed by atoms with van der Waals surface area (Å²) in [6, 6.07) is 9.49. The van der Waals surface area contributed by atoms with Crippen molar-refractivity contribution in [2.24, 2.45) is 0 Å². The number of rotatable bonds is 3.